The normalized spacial score (nSPS) is 17.4. The zero-order valence-electron chi connectivity index (χ0n) is 24.8. The second kappa shape index (κ2) is 13.6. The number of aliphatic hydroxyl groups excluding tert-OH is 1. The third-order valence-corrected chi connectivity index (χ3v) is 7.87. The maximum absolute atomic E-state index is 13.7. The van der Waals surface area contributed by atoms with Gasteiger partial charge in [-0.15, -0.1) is 0 Å². The highest BCUT2D eigenvalue weighted by atomic mass is 16.5. The van der Waals surface area contributed by atoms with Crippen molar-refractivity contribution in [3.8, 4) is 16.9 Å². The van der Waals surface area contributed by atoms with Crippen LogP contribution in [0.2, 0.25) is 0 Å². The fourth-order valence-electron chi connectivity index (χ4n) is 5.34. The van der Waals surface area contributed by atoms with Gasteiger partial charge in [0.2, 0.25) is 0 Å². The van der Waals surface area contributed by atoms with Crippen molar-refractivity contribution in [2.75, 3.05) is 32.1 Å². The fourth-order valence-corrected chi connectivity index (χ4v) is 5.34. The molecule has 0 aliphatic carbocycles. The summed E-state index contributed by atoms with van der Waals surface area (Å²) in [5.41, 5.74) is 4.86. The molecule has 0 unspecified atom stereocenters. The van der Waals surface area contributed by atoms with E-state index in [1.54, 1.807) is 47.6 Å². The van der Waals surface area contributed by atoms with E-state index >= 15 is 0 Å². The van der Waals surface area contributed by atoms with E-state index in [0.29, 0.717) is 35.7 Å². The molecule has 2 heterocycles. The quantitative estimate of drug-likeness (QED) is 0.278. The molecule has 1 aliphatic rings. The third-order valence-electron chi connectivity index (χ3n) is 7.87. The fraction of sp³-hybridized carbons (Fsp3) is 0.286. The Hall–Kier alpha value is -4.53. The molecule has 1 aromatic heterocycles. The van der Waals surface area contributed by atoms with Crippen LogP contribution in [0.25, 0.3) is 11.1 Å². The molecular formula is C35H38N4O4. The van der Waals surface area contributed by atoms with Crippen LogP contribution >= 0.6 is 0 Å². The van der Waals surface area contributed by atoms with E-state index in [4.69, 9.17) is 4.74 Å². The summed E-state index contributed by atoms with van der Waals surface area (Å²) in [5, 5.41) is 12.8. The van der Waals surface area contributed by atoms with Crippen molar-refractivity contribution >= 4 is 17.5 Å². The molecule has 3 atom stereocenters. The number of carbonyl (C=O) groups is 2. The molecule has 0 spiro atoms. The van der Waals surface area contributed by atoms with Crippen LogP contribution in [0.3, 0.4) is 0 Å². The average Bonchev–Trinajstić information content (AvgIpc) is 3.03. The number of pyridine rings is 1. The maximum atomic E-state index is 13.7. The van der Waals surface area contributed by atoms with Crippen molar-refractivity contribution < 1.29 is 19.4 Å². The first-order valence-electron chi connectivity index (χ1n) is 14.6. The van der Waals surface area contributed by atoms with Crippen LogP contribution in [0, 0.1) is 5.92 Å². The van der Waals surface area contributed by atoms with Gasteiger partial charge in [0, 0.05) is 49.2 Å². The molecule has 8 heteroatoms. The number of nitrogens with one attached hydrogen (secondary N) is 1. The number of ether oxygens (including phenoxy) is 1. The lowest BCUT2D eigenvalue weighted by atomic mass is 9.99. The number of anilines is 1. The second-order valence-electron chi connectivity index (χ2n) is 11.3. The summed E-state index contributed by atoms with van der Waals surface area (Å²) in [6.07, 6.45) is 2.89. The minimum absolute atomic E-state index is 0.0000704. The highest BCUT2D eigenvalue weighted by Crippen LogP contribution is 2.31. The predicted molar refractivity (Wildman–Crippen MR) is 168 cm³/mol. The Balaban J connectivity index is 1.34. The molecular weight excluding hydrogens is 540 g/mol. The van der Waals surface area contributed by atoms with Crippen LogP contribution in [0.5, 0.6) is 5.75 Å². The Bertz CT molecular complexity index is 1530. The Morgan fingerprint density at radius 1 is 1.05 bits per heavy atom. The molecule has 2 amide bonds. The van der Waals surface area contributed by atoms with E-state index in [2.05, 4.69) is 65.6 Å². The smallest absolute Gasteiger partial charge is 0.258 e. The highest BCUT2D eigenvalue weighted by molar-refractivity contribution is 6.05. The van der Waals surface area contributed by atoms with Gasteiger partial charge in [0.1, 0.15) is 11.9 Å². The Kier molecular flexibility index (Phi) is 9.49. The van der Waals surface area contributed by atoms with Gasteiger partial charge in [-0.2, -0.15) is 0 Å². The standard InChI is InChI=1S/C35H38N4O4/c1-24-20-39(25(2)23-40)35(42)31-19-30(37-34(41)29-15-17-36-18-16-29)13-14-32(31)43-33(24)22-38(3)21-26-9-11-28(12-10-26)27-7-5-4-6-8-27/h4-19,24-25,33,40H,20-23H2,1-3H3,(H,37,41)/t24-,25+,33-/m1/s1. The first kappa shape index (κ1) is 29.9. The van der Waals surface area contributed by atoms with Crippen LogP contribution < -0.4 is 10.1 Å². The molecule has 3 aromatic carbocycles. The minimum atomic E-state index is -0.377. The van der Waals surface area contributed by atoms with Gasteiger partial charge in [-0.1, -0.05) is 61.5 Å². The summed E-state index contributed by atoms with van der Waals surface area (Å²) < 4.78 is 6.54. The summed E-state index contributed by atoms with van der Waals surface area (Å²) >= 11 is 0. The van der Waals surface area contributed by atoms with Crippen molar-refractivity contribution in [2.45, 2.75) is 32.5 Å². The Morgan fingerprint density at radius 2 is 1.74 bits per heavy atom. The molecule has 1 aliphatic heterocycles. The Morgan fingerprint density at radius 3 is 2.44 bits per heavy atom. The molecule has 5 rings (SSSR count). The number of rotatable bonds is 9. The highest BCUT2D eigenvalue weighted by Gasteiger charge is 2.33. The molecule has 4 aromatic rings. The molecule has 43 heavy (non-hydrogen) atoms. The number of fused-ring (bicyclic) bond motifs is 1. The third kappa shape index (κ3) is 7.28. The SMILES string of the molecule is C[C@@H]1CN([C@@H](C)CO)C(=O)c2cc(NC(=O)c3ccncc3)ccc2O[C@@H]1CN(C)Cc1ccc(-c2ccccc2)cc1. The maximum Gasteiger partial charge on any atom is 0.258 e. The monoisotopic (exact) mass is 578 g/mol. The van der Waals surface area contributed by atoms with E-state index in [1.165, 1.54) is 16.7 Å². The second-order valence-corrected chi connectivity index (χ2v) is 11.3. The minimum Gasteiger partial charge on any atom is -0.488 e. The number of likely N-dealkylation sites (N-methyl/N-ethyl adjacent to an activating group) is 1. The molecule has 8 nitrogen and oxygen atoms in total. The van der Waals surface area contributed by atoms with Crippen molar-refractivity contribution in [3.63, 3.8) is 0 Å². The number of hydrogen-bond donors (Lipinski definition) is 2. The van der Waals surface area contributed by atoms with E-state index in [-0.39, 0.29) is 36.5 Å². The van der Waals surface area contributed by atoms with E-state index in [0.717, 1.165) is 6.54 Å². The summed E-state index contributed by atoms with van der Waals surface area (Å²) in [6, 6.07) is 26.9. The zero-order valence-corrected chi connectivity index (χ0v) is 24.8. The summed E-state index contributed by atoms with van der Waals surface area (Å²) in [7, 11) is 2.07. The van der Waals surface area contributed by atoms with Crippen molar-refractivity contribution in [1.82, 2.24) is 14.8 Å². The van der Waals surface area contributed by atoms with Gasteiger partial charge in [-0.05, 0) is 61.0 Å². The first-order valence-corrected chi connectivity index (χ1v) is 14.6. The summed E-state index contributed by atoms with van der Waals surface area (Å²) in [4.78, 5) is 34.4. The van der Waals surface area contributed by atoms with E-state index < -0.39 is 0 Å². The molecule has 0 radical (unpaired) electrons. The van der Waals surface area contributed by atoms with Gasteiger partial charge in [0.15, 0.2) is 0 Å². The number of aliphatic hydroxyl groups is 1. The number of benzene rings is 3. The Labute approximate surface area is 252 Å². The van der Waals surface area contributed by atoms with Gasteiger partial charge < -0.3 is 20.1 Å². The number of amides is 2. The van der Waals surface area contributed by atoms with Crippen molar-refractivity contribution in [1.29, 1.82) is 0 Å². The lowest BCUT2D eigenvalue weighted by Gasteiger charge is -2.38. The topological polar surface area (TPSA) is 95.0 Å². The number of nitrogens with zero attached hydrogens (tertiary/aromatic N) is 3. The molecule has 0 saturated carbocycles. The van der Waals surface area contributed by atoms with Crippen LogP contribution in [-0.2, 0) is 6.54 Å². The molecule has 2 N–H and O–H groups in total. The zero-order chi connectivity index (χ0) is 30.3. The largest absolute Gasteiger partial charge is 0.488 e. The lowest BCUT2D eigenvalue weighted by Crippen LogP contribution is -2.49. The predicted octanol–water partition coefficient (Wildman–Crippen LogP) is 5.35. The molecule has 0 fully saturated rings. The van der Waals surface area contributed by atoms with E-state index in [1.807, 2.05) is 25.1 Å². The van der Waals surface area contributed by atoms with Gasteiger partial charge >= 0.3 is 0 Å². The van der Waals surface area contributed by atoms with Gasteiger partial charge in [-0.25, -0.2) is 0 Å². The van der Waals surface area contributed by atoms with Crippen LogP contribution in [0.15, 0.2) is 97.3 Å². The van der Waals surface area contributed by atoms with Crippen molar-refractivity contribution in [3.05, 3.63) is 114 Å². The van der Waals surface area contributed by atoms with Crippen LogP contribution in [0.4, 0.5) is 5.69 Å². The van der Waals surface area contributed by atoms with Crippen LogP contribution in [0.1, 0.15) is 40.1 Å². The first-order chi connectivity index (χ1) is 20.8. The molecule has 0 saturated heterocycles. The average molecular weight is 579 g/mol. The van der Waals surface area contributed by atoms with Gasteiger partial charge in [0.25, 0.3) is 11.8 Å². The van der Waals surface area contributed by atoms with E-state index in [9.17, 15) is 14.7 Å². The van der Waals surface area contributed by atoms with Crippen molar-refractivity contribution in [2.24, 2.45) is 5.92 Å². The van der Waals surface area contributed by atoms with Gasteiger partial charge in [-0.3, -0.25) is 19.5 Å². The number of aromatic nitrogens is 1. The molecule has 0 bridgehead atoms. The number of hydrogen-bond acceptors (Lipinski definition) is 6. The van der Waals surface area contributed by atoms with Crippen LogP contribution in [-0.4, -0.2) is 70.6 Å². The number of carbonyl (C=O) groups excluding carboxylic acids is 2. The molecule has 222 valence electrons. The summed E-state index contributed by atoms with van der Waals surface area (Å²) in [6.45, 7) is 5.56. The summed E-state index contributed by atoms with van der Waals surface area (Å²) in [5.74, 6) is -0.0833. The van der Waals surface area contributed by atoms with Gasteiger partial charge in [0.05, 0.1) is 18.2 Å². The lowest BCUT2D eigenvalue weighted by molar-refractivity contribution is 0.0341.